The van der Waals surface area contributed by atoms with E-state index in [1.54, 1.807) is 0 Å². The van der Waals surface area contributed by atoms with Crippen molar-refractivity contribution in [2.45, 2.75) is 0 Å². The summed E-state index contributed by atoms with van der Waals surface area (Å²) in [6.45, 7) is 0. The van der Waals surface area contributed by atoms with Gasteiger partial charge in [0.1, 0.15) is 0 Å². The van der Waals surface area contributed by atoms with Gasteiger partial charge in [0.05, 0.1) is 20.8 Å². The Bertz CT molecular complexity index is 3250. The Morgan fingerprint density at radius 3 is 1.45 bits per heavy atom. The Labute approximate surface area is 361 Å². The topological polar surface area (TPSA) is 101 Å². The normalized spacial score (nSPS) is 11.8. The number of benzene rings is 7. The Morgan fingerprint density at radius 1 is 0.355 bits per heavy atom. The molecule has 3 heterocycles. The second-order valence-corrected chi connectivity index (χ2v) is 15.6. The third-order valence-corrected chi connectivity index (χ3v) is 11.3. The average molecular weight is 809 g/mol. The molecule has 1 aliphatic heterocycles. The van der Waals surface area contributed by atoms with Crippen LogP contribution in [-0.2, 0) is 0 Å². The zero-order valence-electron chi connectivity index (χ0n) is 33.3. The van der Waals surface area contributed by atoms with Crippen LogP contribution < -0.4 is 0 Å². The lowest BCUT2D eigenvalue weighted by molar-refractivity contribution is 1.04. The predicted octanol–water partition coefficient (Wildman–Crippen LogP) is 11.7. The number of nitrogens with zero attached hydrogens (tertiary/aromatic N) is 7. The van der Waals surface area contributed by atoms with Crippen LogP contribution in [-0.4, -0.2) is 44.7 Å². The first-order valence-electron chi connectivity index (χ1n) is 20.2. The molecule has 0 amide bonds. The Balaban J connectivity index is 1.19. The van der Waals surface area contributed by atoms with Crippen LogP contribution in [0.5, 0.6) is 0 Å². The smallest absolute Gasteiger partial charge is 0.164 e. The monoisotopic (exact) mass is 808 g/mol. The molecule has 0 unspecified atom stereocenters. The standard InChI is InChI=1S/C54H34N7Si/c55-35-42-21-10-11-24-46(42)43-32-44(47-25-12-13-26-48(47)54-60-50(38-19-8-3-9-20-38)56-51(61-54)39-27-29-62-30-28-39)34-45(33-43)53-58-49(37-17-6-2-7-18-37)57-52(59-53)41-23-14-22-40(31-41)36-15-4-1-5-16-36/h1-34H. The summed E-state index contributed by atoms with van der Waals surface area (Å²) in [5, 5.41) is 10.3. The first kappa shape index (κ1) is 37.9. The summed E-state index contributed by atoms with van der Waals surface area (Å²) in [5.41, 5.74) is 15.6. The quantitative estimate of drug-likeness (QED) is 0.134. The molecule has 0 N–H and O–H groups in total. The van der Waals surface area contributed by atoms with Crippen molar-refractivity contribution >= 4 is 20.4 Å². The van der Waals surface area contributed by atoms with Crippen molar-refractivity contribution in [2.24, 2.45) is 0 Å². The predicted molar refractivity (Wildman–Crippen MR) is 250 cm³/mol. The fourth-order valence-corrected chi connectivity index (χ4v) is 8.19. The molecule has 9 aromatic rings. The van der Waals surface area contributed by atoms with Gasteiger partial charge in [-0.05, 0) is 63.7 Å². The van der Waals surface area contributed by atoms with Crippen LogP contribution in [0.3, 0.4) is 0 Å². The van der Waals surface area contributed by atoms with E-state index in [2.05, 4.69) is 78.1 Å². The molecule has 1 aliphatic rings. The zero-order chi connectivity index (χ0) is 41.7. The molecule has 289 valence electrons. The van der Waals surface area contributed by atoms with Gasteiger partial charge in [-0.15, -0.1) is 0 Å². The molecule has 0 atom stereocenters. The van der Waals surface area contributed by atoms with Gasteiger partial charge in [-0.25, -0.2) is 29.9 Å². The number of aromatic nitrogens is 6. The first-order valence-corrected chi connectivity index (χ1v) is 21.3. The van der Waals surface area contributed by atoms with E-state index in [4.69, 9.17) is 29.9 Å². The molecule has 0 fully saturated rings. The fourth-order valence-electron chi connectivity index (χ4n) is 7.53. The summed E-state index contributed by atoms with van der Waals surface area (Å²) in [6.07, 6.45) is 4.15. The molecule has 7 nitrogen and oxygen atoms in total. The minimum Gasteiger partial charge on any atom is -0.208 e. The lowest BCUT2D eigenvalue weighted by atomic mass is 9.91. The van der Waals surface area contributed by atoms with Crippen LogP contribution in [0.15, 0.2) is 200 Å². The fraction of sp³-hybridized carbons (Fsp3) is 0. The first-order chi connectivity index (χ1) is 30.7. The molecule has 0 bridgehead atoms. The molecular formula is C54H34N7Si. The SMILES string of the molecule is N#Cc1ccccc1-c1cc(-c2nc(-c3ccccc3)nc(-c3cccc(-c4ccccc4)c3)n2)cc(-c2ccccc2-c2nc(C3=CC=[Si]C=C3)nc(-c3ccccc3)n2)c1. The number of hydrogen-bond donors (Lipinski definition) is 0. The zero-order valence-corrected chi connectivity index (χ0v) is 34.3. The van der Waals surface area contributed by atoms with Gasteiger partial charge in [-0.2, -0.15) is 5.26 Å². The molecule has 8 heteroatoms. The van der Waals surface area contributed by atoms with Gasteiger partial charge in [0, 0.05) is 33.4 Å². The highest BCUT2D eigenvalue weighted by Gasteiger charge is 2.20. The van der Waals surface area contributed by atoms with Crippen molar-refractivity contribution in [2.75, 3.05) is 0 Å². The van der Waals surface area contributed by atoms with Crippen LogP contribution >= 0.6 is 0 Å². The number of allylic oxidation sites excluding steroid dienone is 3. The van der Waals surface area contributed by atoms with Crippen LogP contribution in [0.25, 0.3) is 95.9 Å². The van der Waals surface area contributed by atoms with Crippen molar-refractivity contribution in [1.82, 2.24) is 29.9 Å². The van der Waals surface area contributed by atoms with Gasteiger partial charge in [-0.3, -0.25) is 0 Å². The van der Waals surface area contributed by atoms with Crippen LogP contribution in [0.2, 0.25) is 0 Å². The highest BCUT2D eigenvalue weighted by molar-refractivity contribution is 6.55. The molecule has 62 heavy (non-hydrogen) atoms. The van der Waals surface area contributed by atoms with E-state index in [-0.39, 0.29) is 0 Å². The Hall–Kier alpha value is -8.38. The molecule has 0 aliphatic carbocycles. The number of hydrogen-bond acceptors (Lipinski definition) is 7. The summed E-state index contributed by atoms with van der Waals surface area (Å²) in [7, 11) is 0.611. The van der Waals surface area contributed by atoms with E-state index in [0.29, 0.717) is 49.6 Å². The van der Waals surface area contributed by atoms with Gasteiger partial charge in [-0.1, -0.05) is 175 Å². The summed E-state index contributed by atoms with van der Waals surface area (Å²) in [4.78, 5) is 30.6. The second-order valence-electron chi connectivity index (χ2n) is 14.6. The third-order valence-electron chi connectivity index (χ3n) is 10.6. The molecular weight excluding hydrogens is 775 g/mol. The van der Waals surface area contributed by atoms with E-state index >= 15 is 0 Å². The maximum atomic E-state index is 10.3. The van der Waals surface area contributed by atoms with Gasteiger partial charge in [0.2, 0.25) is 0 Å². The van der Waals surface area contributed by atoms with Crippen molar-refractivity contribution in [3.8, 4) is 96.4 Å². The molecule has 2 aromatic heterocycles. The van der Waals surface area contributed by atoms with E-state index in [9.17, 15) is 5.26 Å². The maximum Gasteiger partial charge on any atom is 0.164 e. The lowest BCUT2D eigenvalue weighted by Crippen LogP contribution is -2.04. The molecule has 10 rings (SSSR count). The molecule has 0 spiro atoms. The van der Waals surface area contributed by atoms with Gasteiger partial charge in [0.25, 0.3) is 0 Å². The van der Waals surface area contributed by atoms with Gasteiger partial charge < -0.3 is 0 Å². The van der Waals surface area contributed by atoms with E-state index in [1.807, 2.05) is 133 Å². The van der Waals surface area contributed by atoms with E-state index in [1.165, 1.54) is 0 Å². The lowest BCUT2D eigenvalue weighted by Gasteiger charge is -2.15. The van der Waals surface area contributed by atoms with Gasteiger partial charge >= 0.3 is 0 Å². The van der Waals surface area contributed by atoms with E-state index < -0.39 is 0 Å². The third kappa shape index (κ3) is 7.87. The van der Waals surface area contributed by atoms with Crippen molar-refractivity contribution < 1.29 is 0 Å². The summed E-state index contributed by atoms with van der Waals surface area (Å²) >= 11 is 0. The van der Waals surface area contributed by atoms with Crippen LogP contribution in [0.1, 0.15) is 11.4 Å². The largest absolute Gasteiger partial charge is 0.208 e. The highest BCUT2D eigenvalue weighted by Crippen LogP contribution is 2.38. The van der Waals surface area contributed by atoms with E-state index in [0.717, 1.165) is 66.8 Å². The molecule has 0 saturated heterocycles. The summed E-state index contributed by atoms with van der Waals surface area (Å²) in [6, 6.07) is 63.0. The summed E-state index contributed by atoms with van der Waals surface area (Å²) in [5.74, 6) is 3.32. The number of rotatable bonds is 9. The van der Waals surface area contributed by atoms with Crippen molar-refractivity contribution in [3.05, 3.63) is 211 Å². The minimum atomic E-state index is 0.496. The second kappa shape index (κ2) is 17.1. The summed E-state index contributed by atoms with van der Waals surface area (Å²) < 4.78 is 0. The van der Waals surface area contributed by atoms with Crippen molar-refractivity contribution in [3.63, 3.8) is 0 Å². The molecule has 7 aromatic carbocycles. The van der Waals surface area contributed by atoms with Crippen LogP contribution in [0, 0.1) is 11.3 Å². The average Bonchev–Trinajstić information content (AvgIpc) is 3.37. The highest BCUT2D eigenvalue weighted by atomic mass is 28.2. The van der Waals surface area contributed by atoms with Crippen molar-refractivity contribution in [1.29, 1.82) is 5.26 Å². The van der Waals surface area contributed by atoms with Gasteiger partial charge in [0.15, 0.2) is 34.9 Å². The van der Waals surface area contributed by atoms with Crippen LogP contribution in [0.4, 0.5) is 0 Å². The maximum absolute atomic E-state index is 10.3. The minimum absolute atomic E-state index is 0.496. The Kier molecular flexibility index (Phi) is 10.4. The molecule has 0 saturated carbocycles. The number of nitriles is 1. The Morgan fingerprint density at radius 2 is 0.806 bits per heavy atom. The molecule has 1 radical (unpaired) electrons.